The summed E-state index contributed by atoms with van der Waals surface area (Å²) in [5.74, 6) is -1.86. The molecule has 1 amide bonds. The average Bonchev–Trinajstić information content (AvgIpc) is 3.13. The highest BCUT2D eigenvalue weighted by molar-refractivity contribution is 6.32. The van der Waals surface area contributed by atoms with Crippen molar-refractivity contribution in [2.24, 2.45) is 0 Å². The topological polar surface area (TPSA) is 92.4 Å². The molecule has 0 bridgehead atoms. The van der Waals surface area contributed by atoms with Gasteiger partial charge in [0, 0.05) is 17.1 Å². The summed E-state index contributed by atoms with van der Waals surface area (Å²) < 4.78 is 58.2. The van der Waals surface area contributed by atoms with Crippen LogP contribution in [-0.2, 0) is 17.9 Å². The van der Waals surface area contributed by atoms with Gasteiger partial charge in [0.25, 0.3) is 5.91 Å². The highest BCUT2D eigenvalue weighted by atomic mass is 35.5. The van der Waals surface area contributed by atoms with Crippen LogP contribution in [0.1, 0.15) is 31.3 Å². The van der Waals surface area contributed by atoms with Crippen LogP contribution in [0.2, 0.25) is 5.02 Å². The van der Waals surface area contributed by atoms with Crippen LogP contribution in [0, 0.1) is 5.82 Å². The molecule has 0 saturated carbocycles. The first-order valence-corrected chi connectivity index (χ1v) is 10.9. The number of alkyl halides is 3. The number of halogens is 5. The predicted octanol–water partition coefficient (Wildman–Crippen LogP) is 3.79. The van der Waals surface area contributed by atoms with E-state index in [2.05, 4.69) is 10.4 Å². The van der Waals surface area contributed by atoms with Crippen molar-refractivity contribution in [1.29, 1.82) is 0 Å². The number of hydrogen-bond donors (Lipinski definition) is 2. The van der Waals surface area contributed by atoms with Crippen LogP contribution < -0.4 is 15.9 Å². The molecule has 3 aromatic rings. The van der Waals surface area contributed by atoms with Gasteiger partial charge in [-0.05, 0) is 44.2 Å². The first kappa shape index (κ1) is 24.7. The standard InChI is InChI=1S/C22H20ClF4N5O3/c1-3-30-17(10-33)29-32(21(30)35)12-7-8-15-16(9-12)31(11(2)22(25,26)27)20(34)19(28-15)18-13(23)5-4-6-14(18)24/h4-9,11,19,28,33H,3,10H2,1-2H3/t11-,19?/m0/s1. The second-order valence-electron chi connectivity index (χ2n) is 7.85. The number of carbonyl (C=O) groups excluding carboxylic acids is 1. The van der Waals surface area contributed by atoms with E-state index in [1.165, 1.54) is 34.9 Å². The molecule has 0 radical (unpaired) electrons. The molecule has 35 heavy (non-hydrogen) atoms. The molecule has 2 heterocycles. The van der Waals surface area contributed by atoms with Crippen LogP contribution in [0.5, 0.6) is 0 Å². The van der Waals surface area contributed by atoms with Crippen molar-refractivity contribution in [3.8, 4) is 5.69 Å². The molecule has 2 aromatic carbocycles. The van der Waals surface area contributed by atoms with Crippen LogP contribution in [0.4, 0.5) is 28.9 Å². The third-order valence-electron chi connectivity index (χ3n) is 5.82. The van der Waals surface area contributed by atoms with E-state index in [4.69, 9.17) is 11.6 Å². The predicted molar refractivity (Wildman–Crippen MR) is 120 cm³/mol. The quantitative estimate of drug-likeness (QED) is 0.507. The summed E-state index contributed by atoms with van der Waals surface area (Å²) in [6.45, 7) is 2.16. The number of hydrogen-bond acceptors (Lipinski definition) is 5. The van der Waals surface area contributed by atoms with Crippen LogP contribution in [0.15, 0.2) is 41.2 Å². The Morgan fingerprint density at radius 2 is 1.94 bits per heavy atom. The van der Waals surface area contributed by atoms with Crippen LogP contribution in [-0.4, -0.2) is 37.6 Å². The molecule has 1 unspecified atom stereocenters. The molecule has 4 rings (SSSR count). The molecule has 186 valence electrons. The fourth-order valence-corrected chi connectivity index (χ4v) is 4.29. The van der Waals surface area contributed by atoms with Crippen molar-refractivity contribution in [2.75, 3.05) is 10.2 Å². The molecule has 0 fully saturated rings. The Balaban J connectivity index is 1.90. The van der Waals surface area contributed by atoms with E-state index >= 15 is 0 Å². The summed E-state index contributed by atoms with van der Waals surface area (Å²) in [7, 11) is 0. The van der Waals surface area contributed by atoms with Crippen molar-refractivity contribution < 1.29 is 27.5 Å². The summed E-state index contributed by atoms with van der Waals surface area (Å²) in [4.78, 5) is 26.6. The fourth-order valence-electron chi connectivity index (χ4n) is 4.02. The molecular weight excluding hydrogens is 494 g/mol. The van der Waals surface area contributed by atoms with Gasteiger partial charge in [0.1, 0.15) is 24.5 Å². The Hall–Kier alpha value is -3.38. The van der Waals surface area contributed by atoms with E-state index in [1.54, 1.807) is 6.92 Å². The van der Waals surface area contributed by atoms with E-state index in [0.29, 0.717) is 4.90 Å². The number of fused-ring (bicyclic) bond motifs is 1. The Morgan fingerprint density at radius 3 is 2.51 bits per heavy atom. The lowest BCUT2D eigenvalue weighted by Crippen LogP contribution is -2.52. The zero-order chi connectivity index (χ0) is 25.7. The maximum Gasteiger partial charge on any atom is 0.408 e. The number of benzene rings is 2. The molecule has 0 spiro atoms. The number of carbonyl (C=O) groups is 1. The van der Waals surface area contributed by atoms with Crippen molar-refractivity contribution in [3.63, 3.8) is 0 Å². The third kappa shape index (κ3) is 4.16. The highest BCUT2D eigenvalue weighted by Gasteiger charge is 2.47. The third-order valence-corrected chi connectivity index (χ3v) is 6.15. The van der Waals surface area contributed by atoms with E-state index in [9.17, 15) is 32.3 Å². The average molecular weight is 514 g/mol. The first-order valence-electron chi connectivity index (χ1n) is 10.5. The minimum atomic E-state index is -4.81. The van der Waals surface area contributed by atoms with Gasteiger partial charge in [0.2, 0.25) is 0 Å². The second kappa shape index (κ2) is 9.00. The molecule has 8 nitrogen and oxygen atoms in total. The number of aromatic nitrogens is 3. The Labute approximate surface area is 201 Å². The summed E-state index contributed by atoms with van der Waals surface area (Å²) in [5.41, 5.74) is -0.896. The Bertz CT molecular complexity index is 1330. The highest BCUT2D eigenvalue weighted by Crippen LogP contribution is 2.43. The summed E-state index contributed by atoms with van der Waals surface area (Å²) in [6.07, 6.45) is -4.81. The van der Waals surface area contributed by atoms with Crippen molar-refractivity contribution in [3.05, 3.63) is 69.1 Å². The van der Waals surface area contributed by atoms with Crippen LogP contribution in [0.3, 0.4) is 0 Å². The van der Waals surface area contributed by atoms with Crippen molar-refractivity contribution >= 4 is 28.9 Å². The molecule has 2 atom stereocenters. The number of aliphatic hydroxyl groups is 1. The number of rotatable bonds is 5. The smallest absolute Gasteiger partial charge is 0.388 e. The van der Waals surface area contributed by atoms with Crippen molar-refractivity contribution in [2.45, 2.75) is 45.3 Å². The van der Waals surface area contributed by atoms with Gasteiger partial charge < -0.3 is 10.4 Å². The monoisotopic (exact) mass is 513 g/mol. The minimum absolute atomic E-state index is 0.0687. The van der Waals surface area contributed by atoms with Gasteiger partial charge in [0.15, 0.2) is 5.82 Å². The minimum Gasteiger partial charge on any atom is -0.388 e. The van der Waals surface area contributed by atoms with Crippen LogP contribution >= 0.6 is 11.6 Å². The number of aliphatic hydroxyl groups excluding tert-OH is 1. The molecule has 1 aliphatic heterocycles. The molecule has 2 N–H and O–H groups in total. The molecule has 0 aliphatic carbocycles. The lowest BCUT2D eigenvalue weighted by atomic mass is 9.99. The molecule has 0 saturated heterocycles. The van der Waals surface area contributed by atoms with E-state index in [-0.39, 0.29) is 40.0 Å². The number of nitrogens with one attached hydrogen (secondary N) is 1. The molecule has 1 aromatic heterocycles. The summed E-state index contributed by atoms with van der Waals surface area (Å²) in [6, 6.07) is 3.89. The zero-order valence-electron chi connectivity index (χ0n) is 18.5. The molecule has 1 aliphatic rings. The van der Waals surface area contributed by atoms with Crippen molar-refractivity contribution in [1.82, 2.24) is 14.3 Å². The SMILES string of the molecule is CCn1c(CO)nn(-c2ccc3c(c2)N([C@@H](C)C(F)(F)F)C(=O)C(c2c(F)cccc2Cl)N3)c1=O. The largest absolute Gasteiger partial charge is 0.408 e. The summed E-state index contributed by atoms with van der Waals surface area (Å²) in [5, 5.41) is 16.2. The Morgan fingerprint density at radius 1 is 1.23 bits per heavy atom. The maximum absolute atomic E-state index is 14.6. The maximum atomic E-state index is 14.6. The number of nitrogens with zero attached hydrogens (tertiary/aromatic N) is 4. The van der Waals surface area contributed by atoms with Gasteiger partial charge in [-0.25, -0.2) is 9.18 Å². The van der Waals surface area contributed by atoms with E-state index in [1.807, 2.05) is 0 Å². The second-order valence-corrected chi connectivity index (χ2v) is 8.26. The van der Waals surface area contributed by atoms with Gasteiger partial charge in [-0.2, -0.15) is 17.9 Å². The van der Waals surface area contributed by atoms with Gasteiger partial charge in [0.05, 0.1) is 17.1 Å². The van der Waals surface area contributed by atoms with Gasteiger partial charge in [-0.15, -0.1) is 5.10 Å². The van der Waals surface area contributed by atoms with E-state index in [0.717, 1.165) is 17.7 Å². The number of amides is 1. The van der Waals surface area contributed by atoms with Crippen LogP contribution in [0.25, 0.3) is 5.69 Å². The lowest BCUT2D eigenvalue weighted by molar-refractivity contribution is -0.151. The fraction of sp³-hybridized carbons (Fsp3) is 0.318. The molecular formula is C22H20ClF4N5O3. The zero-order valence-corrected chi connectivity index (χ0v) is 19.2. The number of anilines is 2. The first-order chi connectivity index (χ1) is 16.5. The van der Waals surface area contributed by atoms with Gasteiger partial charge in [-0.1, -0.05) is 17.7 Å². The van der Waals surface area contributed by atoms with Gasteiger partial charge >= 0.3 is 11.9 Å². The Kier molecular flexibility index (Phi) is 6.36. The lowest BCUT2D eigenvalue weighted by Gasteiger charge is -2.39. The molecule has 13 heteroatoms. The normalized spacial score (nSPS) is 16.7. The van der Waals surface area contributed by atoms with E-state index < -0.39 is 42.3 Å². The van der Waals surface area contributed by atoms with Gasteiger partial charge in [-0.3, -0.25) is 14.3 Å². The summed E-state index contributed by atoms with van der Waals surface area (Å²) >= 11 is 6.10.